The molecule has 0 saturated heterocycles. The van der Waals surface area contributed by atoms with E-state index in [1.807, 2.05) is 66.7 Å². The lowest BCUT2D eigenvalue weighted by atomic mass is 10.0. The molecule has 0 spiro atoms. The monoisotopic (exact) mass is 448 g/mol. The minimum Gasteiger partial charge on any atom is -0.488 e. The third kappa shape index (κ3) is 4.51. The van der Waals surface area contributed by atoms with E-state index in [0.717, 1.165) is 16.3 Å². The van der Waals surface area contributed by atoms with Crippen LogP contribution in [0.5, 0.6) is 5.75 Å². The number of benzene rings is 3. The first-order valence-electron chi connectivity index (χ1n) is 10.6. The highest BCUT2D eigenvalue weighted by Crippen LogP contribution is 2.36. The Kier molecular flexibility index (Phi) is 5.77. The van der Waals surface area contributed by atoms with Crippen LogP contribution in [0.4, 0.5) is 11.9 Å². The van der Waals surface area contributed by atoms with Gasteiger partial charge in [-0.3, -0.25) is 15.1 Å². The SMILES string of the molecule is Nc1nc(NC(=O)c2cccnc2)nc(-c2c(OCc3ccccc3)ccc3ccccc23)n1. The molecule has 1 amide bonds. The van der Waals surface area contributed by atoms with Crippen molar-refractivity contribution < 1.29 is 9.53 Å². The zero-order chi connectivity index (χ0) is 23.3. The maximum atomic E-state index is 12.6. The molecule has 2 aromatic heterocycles. The zero-order valence-electron chi connectivity index (χ0n) is 18.1. The van der Waals surface area contributed by atoms with Crippen molar-refractivity contribution in [2.45, 2.75) is 6.61 Å². The van der Waals surface area contributed by atoms with Crippen molar-refractivity contribution in [3.63, 3.8) is 0 Å². The summed E-state index contributed by atoms with van der Waals surface area (Å²) in [4.78, 5) is 29.5. The van der Waals surface area contributed by atoms with Gasteiger partial charge in [-0.1, -0.05) is 60.7 Å². The van der Waals surface area contributed by atoms with Crippen LogP contribution < -0.4 is 15.8 Å². The van der Waals surface area contributed by atoms with Crippen LogP contribution >= 0.6 is 0 Å². The van der Waals surface area contributed by atoms with Crippen LogP contribution in [0.25, 0.3) is 22.2 Å². The van der Waals surface area contributed by atoms with Crippen LogP contribution in [0.3, 0.4) is 0 Å². The van der Waals surface area contributed by atoms with E-state index < -0.39 is 5.91 Å². The van der Waals surface area contributed by atoms with Gasteiger partial charge in [0.1, 0.15) is 12.4 Å². The van der Waals surface area contributed by atoms with Gasteiger partial charge < -0.3 is 10.5 Å². The molecule has 0 saturated carbocycles. The number of carbonyl (C=O) groups excluding carboxylic acids is 1. The lowest BCUT2D eigenvalue weighted by molar-refractivity contribution is 0.102. The molecule has 0 fully saturated rings. The highest BCUT2D eigenvalue weighted by molar-refractivity contribution is 6.03. The third-order valence-electron chi connectivity index (χ3n) is 5.15. The number of aromatic nitrogens is 4. The van der Waals surface area contributed by atoms with Gasteiger partial charge in [-0.15, -0.1) is 0 Å². The van der Waals surface area contributed by atoms with E-state index in [9.17, 15) is 4.79 Å². The van der Waals surface area contributed by atoms with Gasteiger partial charge in [-0.05, 0) is 34.5 Å². The minimum atomic E-state index is -0.400. The Morgan fingerprint density at radius 1 is 0.882 bits per heavy atom. The van der Waals surface area contributed by atoms with E-state index in [-0.39, 0.29) is 11.9 Å². The van der Waals surface area contributed by atoms with Crippen LogP contribution in [-0.4, -0.2) is 25.8 Å². The second-order valence-electron chi connectivity index (χ2n) is 7.47. The van der Waals surface area contributed by atoms with E-state index in [2.05, 4.69) is 25.3 Å². The molecule has 8 nitrogen and oxygen atoms in total. The number of hydrogen-bond donors (Lipinski definition) is 2. The van der Waals surface area contributed by atoms with Gasteiger partial charge in [0.2, 0.25) is 11.9 Å². The van der Waals surface area contributed by atoms with Crippen LogP contribution in [-0.2, 0) is 6.61 Å². The van der Waals surface area contributed by atoms with E-state index in [0.29, 0.717) is 29.3 Å². The molecule has 0 atom stereocenters. The number of ether oxygens (including phenoxy) is 1. The average molecular weight is 448 g/mol. The fourth-order valence-corrected chi connectivity index (χ4v) is 3.57. The summed E-state index contributed by atoms with van der Waals surface area (Å²) in [6, 6.07) is 24.9. The predicted octanol–water partition coefficient (Wildman–Crippen LogP) is 4.50. The molecule has 34 heavy (non-hydrogen) atoms. The van der Waals surface area contributed by atoms with E-state index in [4.69, 9.17) is 10.5 Å². The molecule has 0 aliphatic heterocycles. The number of amides is 1. The van der Waals surface area contributed by atoms with Crippen molar-refractivity contribution >= 4 is 28.6 Å². The van der Waals surface area contributed by atoms with Crippen LogP contribution in [0.15, 0.2) is 91.3 Å². The second-order valence-corrected chi connectivity index (χ2v) is 7.47. The molecule has 2 heterocycles. The summed E-state index contributed by atoms with van der Waals surface area (Å²) in [6.45, 7) is 0.372. The van der Waals surface area contributed by atoms with Gasteiger partial charge in [0, 0.05) is 12.4 Å². The summed E-state index contributed by atoms with van der Waals surface area (Å²) in [7, 11) is 0. The first-order valence-corrected chi connectivity index (χ1v) is 10.6. The predicted molar refractivity (Wildman–Crippen MR) is 130 cm³/mol. The quantitative estimate of drug-likeness (QED) is 0.393. The standard InChI is InChI=1S/C26H20N6O2/c27-25-29-23(30-26(32-25)31-24(33)19-10-6-14-28-15-19)22-20-11-5-4-9-18(20)12-13-21(22)34-16-17-7-2-1-3-8-17/h1-15H,16H2,(H3,27,29,30,31,32,33). The summed E-state index contributed by atoms with van der Waals surface area (Å²) in [5.74, 6) is 0.515. The number of nitrogen functional groups attached to an aromatic ring is 1. The fraction of sp³-hybridized carbons (Fsp3) is 0.0385. The second kappa shape index (κ2) is 9.33. The Balaban J connectivity index is 1.55. The van der Waals surface area contributed by atoms with Crippen molar-refractivity contribution in [2.75, 3.05) is 11.1 Å². The van der Waals surface area contributed by atoms with Crippen molar-refractivity contribution in [2.24, 2.45) is 0 Å². The number of nitrogens with two attached hydrogens (primary N) is 1. The molecule has 166 valence electrons. The molecule has 0 bridgehead atoms. The largest absolute Gasteiger partial charge is 0.488 e. The van der Waals surface area contributed by atoms with Gasteiger partial charge in [-0.25, -0.2) is 0 Å². The smallest absolute Gasteiger partial charge is 0.259 e. The molecule has 0 unspecified atom stereocenters. The maximum absolute atomic E-state index is 12.6. The Morgan fingerprint density at radius 3 is 2.53 bits per heavy atom. The van der Waals surface area contributed by atoms with Crippen LogP contribution in [0.1, 0.15) is 15.9 Å². The highest BCUT2D eigenvalue weighted by Gasteiger charge is 2.18. The Bertz CT molecular complexity index is 1460. The van der Waals surface area contributed by atoms with Crippen molar-refractivity contribution in [1.29, 1.82) is 0 Å². The maximum Gasteiger partial charge on any atom is 0.259 e. The van der Waals surface area contributed by atoms with E-state index in [1.165, 1.54) is 6.20 Å². The average Bonchev–Trinajstić information content (AvgIpc) is 2.88. The Morgan fingerprint density at radius 2 is 1.71 bits per heavy atom. The minimum absolute atomic E-state index is 0.0200. The van der Waals surface area contributed by atoms with Gasteiger partial charge in [0.15, 0.2) is 5.82 Å². The van der Waals surface area contributed by atoms with E-state index in [1.54, 1.807) is 18.3 Å². The molecular formula is C26H20N6O2. The number of carbonyl (C=O) groups is 1. The summed E-state index contributed by atoms with van der Waals surface area (Å²) >= 11 is 0. The lowest BCUT2D eigenvalue weighted by Gasteiger charge is -2.14. The molecule has 5 aromatic rings. The summed E-state index contributed by atoms with van der Waals surface area (Å²) in [5, 5.41) is 4.55. The fourth-order valence-electron chi connectivity index (χ4n) is 3.57. The molecule has 8 heteroatoms. The third-order valence-corrected chi connectivity index (χ3v) is 5.15. The van der Waals surface area contributed by atoms with Crippen LogP contribution in [0.2, 0.25) is 0 Å². The summed E-state index contributed by atoms with van der Waals surface area (Å²) < 4.78 is 6.18. The molecule has 3 aromatic carbocycles. The summed E-state index contributed by atoms with van der Waals surface area (Å²) in [5.41, 5.74) is 8.07. The van der Waals surface area contributed by atoms with Gasteiger partial charge in [0.05, 0.1) is 11.1 Å². The number of fused-ring (bicyclic) bond motifs is 1. The Hall–Kier alpha value is -4.85. The number of anilines is 2. The zero-order valence-corrected chi connectivity index (χ0v) is 18.1. The number of nitrogens with one attached hydrogen (secondary N) is 1. The first kappa shape index (κ1) is 21.0. The molecule has 0 radical (unpaired) electrons. The van der Waals surface area contributed by atoms with Crippen LogP contribution in [0, 0.1) is 0 Å². The topological polar surface area (TPSA) is 116 Å². The molecule has 0 aliphatic rings. The highest BCUT2D eigenvalue weighted by atomic mass is 16.5. The number of hydrogen-bond acceptors (Lipinski definition) is 7. The molecule has 5 rings (SSSR count). The van der Waals surface area contributed by atoms with Gasteiger partial charge in [0.25, 0.3) is 5.91 Å². The van der Waals surface area contributed by atoms with Gasteiger partial charge >= 0.3 is 0 Å². The van der Waals surface area contributed by atoms with Gasteiger partial charge in [-0.2, -0.15) is 15.0 Å². The van der Waals surface area contributed by atoms with E-state index >= 15 is 0 Å². The van der Waals surface area contributed by atoms with Crippen molar-refractivity contribution in [3.8, 4) is 17.1 Å². The first-order chi connectivity index (χ1) is 16.7. The Labute approximate surface area is 195 Å². The van der Waals surface area contributed by atoms with Crippen molar-refractivity contribution in [3.05, 3.63) is 102 Å². The number of rotatable bonds is 6. The lowest BCUT2D eigenvalue weighted by Crippen LogP contribution is -2.16. The number of pyridine rings is 1. The van der Waals surface area contributed by atoms with Crippen molar-refractivity contribution in [1.82, 2.24) is 19.9 Å². The molecular weight excluding hydrogens is 428 g/mol. The molecule has 3 N–H and O–H groups in total. The molecule has 0 aliphatic carbocycles. The number of nitrogens with zero attached hydrogens (tertiary/aromatic N) is 4. The normalized spacial score (nSPS) is 10.7. The summed E-state index contributed by atoms with van der Waals surface area (Å²) in [6.07, 6.45) is 3.05.